The van der Waals surface area contributed by atoms with Gasteiger partial charge in [-0.1, -0.05) is 31.9 Å². The summed E-state index contributed by atoms with van der Waals surface area (Å²) in [5.74, 6) is 0.662. The van der Waals surface area contributed by atoms with Gasteiger partial charge in [0.1, 0.15) is 5.75 Å². The van der Waals surface area contributed by atoms with Crippen LogP contribution in [0.15, 0.2) is 24.3 Å². The molecule has 0 heterocycles. The van der Waals surface area contributed by atoms with E-state index in [0.29, 0.717) is 17.9 Å². The molecule has 20 heavy (non-hydrogen) atoms. The molecular weight excluding hydrogens is 278 g/mol. The first-order valence-corrected chi connectivity index (χ1v) is 7.19. The van der Waals surface area contributed by atoms with Gasteiger partial charge in [0, 0.05) is 17.5 Å². The first-order chi connectivity index (χ1) is 9.63. The predicted molar refractivity (Wildman–Crippen MR) is 79.2 cm³/mol. The molecule has 1 rings (SSSR count). The van der Waals surface area contributed by atoms with Crippen molar-refractivity contribution in [3.63, 3.8) is 0 Å². The van der Waals surface area contributed by atoms with Crippen molar-refractivity contribution < 1.29 is 14.3 Å². The molecule has 0 fully saturated rings. The number of benzene rings is 1. The van der Waals surface area contributed by atoms with Crippen molar-refractivity contribution in [3.8, 4) is 5.75 Å². The normalized spacial score (nSPS) is 10.1. The number of carbonyl (C=O) groups excluding carboxylic acids is 2. The number of hydrogen-bond donors (Lipinski definition) is 3. The topological polar surface area (TPSA) is 93.4 Å². The molecule has 0 atom stereocenters. The van der Waals surface area contributed by atoms with Gasteiger partial charge in [-0.15, -0.1) is 0 Å². The number of carbonyl (C=O) groups is 2. The van der Waals surface area contributed by atoms with Gasteiger partial charge in [0.2, 0.25) is 5.12 Å². The van der Waals surface area contributed by atoms with E-state index < -0.39 is 6.03 Å². The fourth-order valence-corrected chi connectivity index (χ4v) is 1.93. The highest BCUT2D eigenvalue weighted by atomic mass is 32.2. The summed E-state index contributed by atoms with van der Waals surface area (Å²) >= 11 is 0.742. The number of hydrazine groups is 1. The van der Waals surface area contributed by atoms with Crippen molar-refractivity contribution in [2.75, 3.05) is 6.61 Å². The lowest BCUT2D eigenvalue weighted by Crippen LogP contribution is -2.37. The van der Waals surface area contributed by atoms with E-state index >= 15 is 0 Å². The van der Waals surface area contributed by atoms with E-state index in [1.54, 1.807) is 18.2 Å². The molecule has 0 saturated heterocycles. The van der Waals surface area contributed by atoms with Crippen LogP contribution in [0.3, 0.4) is 0 Å². The standard InChI is InChI=1S/C13H19N3O3S/c1-2-3-4-8-19-11-7-5-6-10(9-11)12(17)20-16-15-13(14)18/h5-7,9,16H,2-4,8H2,1H3,(H3,14,15,18). The molecule has 7 heteroatoms. The molecule has 1 aromatic carbocycles. The lowest BCUT2D eigenvalue weighted by molar-refractivity contribution is 0.108. The fraction of sp³-hybridized carbons (Fsp3) is 0.385. The Hall–Kier alpha value is -1.73. The highest BCUT2D eigenvalue weighted by Crippen LogP contribution is 2.17. The van der Waals surface area contributed by atoms with Gasteiger partial charge in [0.25, 0.3) is 0 Å². The average Bonchev–Trinajstić information content (AvgIpc) is 2.43. The van der Waals surface area contributed by atoms with Crippen LogP contribution in [-0.4, -0.2) is 17.8 Å². The third-order valence-corrected chi connectivity index (χ3v) is 3.03. The number of urea groups is 1. The van der Waals surface area contributed by atoms with Crippen LogP contribution in [0, 0.1) is 0 Å². The number of amides is 2. The maximum Gasteiger partial charge on any atom is 0.327 e. The van der Waals surface area contributed by atoms with Crippen molar-refractivity contribution in [1.82, 2.24) is 10.3 Å². The number of primary amides is 1. The number of ether oxygens (including phenoxy) is 1. The quantitative estimate of drug-likeness (QED) is 0.388. The zero-order valence-electron chi connectivity index (χ0n) is 11.3. The van der Waals surface area contributed by atoms with E-state index in [9.17, 15) is 9.59 Å². The van der Waals surface area contributed by atoms with Crippen LogP contribution in [0.4, 0.5) is 4.79 Å². The molecule has 0 aromatic heterocycles. The molecule has 0 aliphatic heterocycles. The minimum Gasteiger partial charge on any atom is -0.494 e. The van der Waals surface area contributed by atoms with E-state index in [0.717, 1.165) is 31.2 Å². The molecule has 0 bridgehead atoms. The zero-order valence-corrected chi connectivity index (χ0v) is 12.2. The first-order valence-electron chi connectivity index (χ1n) is 6.38. The summed E-state index contributed by atoms with van der Waals surface area (Å²) in [7, 11) is 0. The van der Waals surface area contributed by atoms with Crippen LogP contribution in [0.25, 0.3) is 0 Å². The van der Waals surface area contributed by atoms with Crippen molar-refractivity contribution in [2.24, 2.45) is 5.73 Å². The summed E-state index contributed by atoms with van der Waals surface area (Å²) in [5, 5.41) is -0.238. The van der Waals surface area contributed by atoms with Gasteiger partial charge in [-0.25, -0.2) is 4.79 Å². The molecular formula is C13H19N3O3S. The molecule has 6 nitrogen and oxygen atoms in total. The Morgan fingerprint density at radius 3 is 2.85 bits per heavy atom. The molecule has 0 unspecified atom stereocenters. The molecule has 2 amide bonds. The van der Waals surface area contributed by atoms with Crippen molar-refractivity contribution in [2.45, 2.75) is 26.2 Å². The molecule has 0 saturated carbocycles. The van der Waals surface area contributed by atoms with Crippen molar-refractivity contribution in [3.05, 3.63) is 29.8 Å². The number of unbranched alkanes of at least 4 members (excludes halogenated alkanes) is 2. The Labute approximate surface area is 122 Å². The Morgan fingerprint density at radius 1 is 1.35 bits per heavy atom. The van der Waals surface area contributed by atoms with Gasteiger partial charge in [-0.2, -0.15) is 4.83 Å². The summed E-state index contributed by atoms with van der Waals surface area (Å²) < 4.78 is 5.57. The van der Waals surface area contributed by atoms with E-state index in [-0.39, 0.29) is 5.12 Å². The minimum atomic E-state index is -0.752. The molecule has 110 valence electrons. The monoisotopic (exact) mass is 297 g/mol. The van der Waals surface area contributed by atoms with E-state index in [2.05, 4.69) is 17.2 Å². The Kier molecular flexibility index (Phi) is 7.52. The zero-order chi connectivity index (χ0) is 14.8. The predicted octanol–water partition coefficient (Wildman–Crippen LogP) is 2.22. The average molecular weight is 297 g/mol. The highest BCUT2D eigenvalue weighted by Gasteiger charge is 2.08. The van der Waals surface area contributed by atoms with E-state index in [1.807, 2.05) is 6.07 Å². The van der Waals surface area contributed by atoms with Crippen LogP contribution >= 0.6 is 11.9 Å². The maximum atomic E-state index is 11.8. The number of nitrogens with one attached hydrogen (secondary N) is 2. The Balaban J connectivity index is 2.45. The molecule has 0 aliphatic carbocycles. The lowest BCUT2D eigenvalue weighted by Gasteiger charge is -2.07. The van der Waals surface area contributed by atoms with Crippen LogP contribution in [-0.2, 0) is 0 Å². The largest absolute Gasteiger partial charge is 0.494 e. The number of hydrogen-bond acceptors (Lipinski definition) is 5. The maximum absolute atomic E-state index is 11.8. The first kappa shape index (κ1) is 16.3. The second-order valence-corrected chi connectivity index (χ2v) is 4.84. The SMILES string of the molecule is CCCCCOc1cccc(C(=O)SNNC(N)=O)c1. The second kappa shape index (κ2) is 9.22. The van der Waals surface area contributed by atoms with Crippen LogP contribution in [0.2, 0.25) is 0 Å². The van der Waals surface area contributed by atoms with Gasteiger partial charge in [0.05, 0.1) is 6.61 Å². The summed E-state index contributed by atoms with van der Waals surface area (Å²) in [4.78, 5) is 24.6. The van der Waals surface area contributed by atoms with Gasteiger partial charge >= 0.3 is 6.03 Å². The molecule has 0 aliphatic rings. The minimum absolute atomic E-state index is 0.238. The molecule has 0 radical (unpaired) electrons. The van der Waals surface area contributed by atoms with Gasteiger partial charge in [0.15, 0.2) is 0 Å². The lowest BCUT2D eigenvalue weighted by atomic mass is 10.2. The van der Waals surface area contributed by atoms with E-state index in [1.165, 1.54) is 0 Å². The number of nitrogens with two attached hydrogens (primary N) is 1. The summed E-state index contributed by atoms with van der Waals surface area (Å²) in [6, 6.07) is 6.17. The highest BCUT2D eigenvalue weighted by molar-refractivity contribution is 8.12. The Morgan fingerprint density at radius 2 is 2.15 bits per heavy atom. The summed E-state index contributed by atoms with van der Waals surface area (Å²) in [6.45, 7) is 2.77. The van der Waals surface area contributed by atoms with Crippen LogP contribution < -0.4 is 20.7 Å². The molecule has 0 spiro atoms. The summed E-state index contributed by atoms with van der Waals surface area (Å²) in [6.07, 6.45) is 3.25. The third-order valence-electron chi connectivity index (χ3n) is 2.40. The van der Waals surface area contributed by atoms with E-state index in [4.69, 9.17) is 10.5 Å². The van der Waals surface area contributed by atoms with Crippen LogP contribution in [0.1, 0.15) is 36.5 Å². The molecule has 4 N–H and O–H groups in total. The fourth-order valence-electron chi connectivity index (χ4n) is 1.44. The van der Waals surface area contributed by atoms with Gasteiger partial charge < -0.3 is 10.5 Å². The number of rotatable bonds is 8. The third kappa shape index (κ3) is 6.44. The van der Waals surface area contributed by atoms with Crippen LogP contribution in [0.5, 0.6) is 5.75 Å². The van der Waals surface area contributed by atoms with Gasteiger partial charge in [-0.05, 0) is 18.6 Å². The smallest absolute Gasteiger partial charge is 0.327 e. The van der Waals surface area contributed by atoms with Crippen molar-refractivity contribution in [1.29, 1.82) is 0 Å². The second-order valence-electron chi connectivity index (χ2n) is 4.06. The molecule has 1 aromatic rings. The summed E-state index contributed by atoms with van der Waals surface area (Å²) in [5.41, 5.74) is 7.46. The van der Waals surface area contributed by atoms with Crippen molar-refractivity contribution >= 4 is 23.1 Å². The van der Waals surface area contributed by atoms with Gasteiger partial charge in [-0.3, -0.25) is 10.2 Å². The Bertz CT molecular complexity index is 454.